The van der Waals surface area contributed by atoms with E-state index in [-0.39, 0.29) is 5.41 Å². The Morgan fingerprint density at radius 3 is 2.61 bits per heavy atom. The largest absolute Gasteiger partial charge is 0.381 e. The second-order valence-corrected chi connectivity index (χ2v) is 5.90. The van der Waals surface area contributed by atoms with Gasteiger partial charge in [0.05, 0.1) is 5.41 Å². The number of benzene rings is 1. The molecule has 1 N–H and O–H groups in total. The Hall–Kier alpha value is -2.25. The number of nitrogens with one attached hydrogen (secondary N) is 1. The van der Waals surface area contributed by atoms with E-state index in [4.69, 9.17) is 20.9 Å². The maximum absolute atomic E-state index is 6.02. The van der Waals surface area contributed by atoms with Gasteiger partial charge in [-0.25, -0.2) is 4.98 Å². The standard InChI is InChI=1S/C15H14ClN5O2/c16-11-3-1-10(2-4-11)15(5-7-22-8-6-15)14-19-13(21-23-14)12-17-9-18-20-12/h1-4,9H,5-8H2,(H,17,18,20). The summed E-state index contributed by atoms with van der Waals surface area (Å²) >= 11 is 6.02. The van der Waals surface area contributed by atoms with E-state index in [0.29, 0.717) is 35.8 Å². The van der Waals surface area contributed by atoms with Crippen molar-refractivity contribution in [3.05, 3.63) is 47.1 Å². The average Bonchev–Trinajstić information content (AvgIpc) is 3.28. The molecule has 0 saturated carbocycles. The Kier molecular flexibility index (Phi) is 3.59. The molecule has 1 aromatic carbocycles. The van der Waals surface area contributed by atoms with Crippen molar-refractivity contribution >= 4 is 11.6 Å². The van der Waals surface area contributed by atoms with Crippen molar-refractivity contribution in [1.82, 2.24) is 25.3 Å². The fraction of sp³-hybridized carbons (Fsp3) is 0.333. The highest BCUT2D eigenvalue weighted by atomic mass is 35.5. The second kappa shape index (κ2) is 5.75. The third kappa shape index (κ3) is 2.51. The van der Waals surface area contributed by atoms with Crippen molar-refractivity contribution in [1.29, 1.82) is 0 Å². The van der Waals surface area contributed by atoms with Crippen LogP contribution < -0.4 is 0 Å². The minimum atomic E-state index is -0.367. The first-order valence-electron chi connectivity index (χ1n) is 7.32. The van der Waals surface area contributed by atoms with Crippen molar-refractivity contribution in [2.24, 2.45) is 0 Å². The van der Waals surface area contributed by atoms with Gasteiger partial charge in [-0.3, -0.25) is 5.10 Å². The maximum Gasteiger partial charge on any atom is 0.239 e. The van der Waals surface area contributed by atoms with Crippen molar-refractivity contribution in [3.63, 3.8) is 0 Å². The average molecular weight is 332 g/mol. The molecule has 0 spiro atoms. The molecule has 1 saturated heterocycles. The normalized spacial score (nSPS) is 17.3. The summed E-state index contributed by atoms with van der Waals surface area (Å²) in [5.74, 6) is 1.45. The molecule has 0 amide bonds. The molecule has 0 unspecified atom stereocenters. The Balaban J connectivity index is 1.78. The Morgan fingerprint density at radius 1 is 1.13 bits per heavy atom. The molecule has 4 rings (SSSR count). The molecule has 0 aliphatic carbocycles. The number of H-pyrrole nitrogens is 1. The zero-order valence-corrected chi connectivity index (χ0v) is 13.0. The summed E-state index contributed by atoms with van der Waals surface area (Å²) in [5.41, 5.74) is 0.728. The van der Waals surface area contributed by atoms with Crippen LogP contribution in [0.25, 0.3) is 11.6 Å². The van der Waals surface area contributed by atoms with E-state index >= 15 is 0 Å². The van der Waals surface area contributed by atoms with Crippen LogP contribution in [-0.4, -0.2) is 38.5 Å². The summed E-state index contributed by atoms with van der Waals surface area (Å²) in [6, 6.07) is 7.77. The van der Waals surface area contributed by atoms with Gasteiger partial charge < -0.3 is 9.26 Å². The van der Waals surface area contributed by atoms with Gasteiger partial charge in [0.1, 0.15) is 6.33 Å². The first-order valence-corrected chi connectivity index (χ1v) is 7.69. The smallest absolute Gasteiger partial charge is 0.239 e. The minimum absolute atomic E-state index is 0.367. The number of hydrogen-bond donors (Lipinski definition) is 1. The van der Waals surface area contributed by atoms with Crippen LogP contribution >= 0.6 is 11.6 Å². The maximum atomic E-state index is 6.02. The van der Waals surface area contributed by atoms with Gasteiger partial charge >= 0.3 is 0 Å². The number of nitrogens with zero attached hydrogens (tertiary/aromatic N) is 4. The molecule has 0 atom stereocenters. The third-order valence-corrected chi connectivity index (χ3v) is 4.46. The monoisotopic (exact) mass is 331 g/mol. The van der Waals surface area contributed by atoms with Gasteiger partial charge in [-0.1, -0.05) is 28.9 Å². The van der Waals surface area contributed by atoms with Crippen LogP contribution in [0.1, 0.15) is 24.3 Å². The van der Waals surface area contributed by atoms with Crippen LogP contribution in [0.4, 0.5) is 0 Å². The molecule has 1 fully saturated rings. The summed E-state index contributed by atoms with van der Waals surface area (Å²) in [6.45, 7) is 1.28. The van der Waals surface area contributed by atoms with Crippen LogP contribution in [0.5, 0.6) is 0 Å². The van der Waals surface area contributed by atoms with Gasteiger partial charge in [0.2, 0.25) is 11.7 Å². The lowest BCUT2D eigenvalue weighted by molar-refractivity contribution is 0.0523. The number of aromatic nitrogens is 5. The Labute approximate surface area is 137 Å². The third-order valence-electron chi connectivity index (χ3n) is 4.21. The number of ether oxygens (including phenoxy) is 1. The molecule has 1 aliphatic heterocycles. The molecule has 3 heterocycles. The highest BCUT2D eigenvalue weighted by Crippen LogP contribution is 2.41. The lowest BCUT2D eigenvalue weighted by atomic mass is 9.74. The lowest BCUT2D eigenvalue weighted by Gasteiger charge is -2.34. The van der Waals surface area contributed by atoms with Gasteiger partial charge in [-0.15, -0.1) is 0 Å². The fourth-order valence-corrected chi connectivity index (χ4v) is 3.07. The van der Waals surface area contributed by atoms with E-state index in [1.165, 1.54) is 6.33 Å². The molecule has 2 aromatic heterocycles. The van der Waals surface area contributed by atoms with Gasteiger partial charge in [0.25, 0.3) is 0 Å². The van der Waals surface area contributed by atoms with E-state index in [1.54, 1.807) is 0 Å². The summed E-state index contributed by atoms with van der Waals surface area (Å²) in [6.07, 6.45) is 2.95. The van der Waals surface area contributed by atoms with Crippen molar-refractivity contribution < 1.29 is 9.26 Å². The Morgan fingerprint density at radius 2 is 1.91 bits per heavy atom. The molecule has 0 radical (unpaired) electrons. The molecule has 7 nitrogen and oxygen atoms in total. The first kappa shape index (κ1) is 14.3. The number of aromatic amines is 1. The molecule has 3 aromatic rings. The molecule has 118 valence electrons. The number of hydrogen-bond acceptors (Lipinski definition) is 6. The molecule has 8 heteroatoms. The van der Waals surface area contributed by atoms with Crippen LogP contribution in [-0.2, 0) is 10.2 Å². The highest BCUT2D eigenvalue weighted by molar-refractivity contribution is 6.30. The summed E-state index contributed by atoms with van der Waals surface area (Å²) < 4.78 is 11.1. The van der Waals surface area contributed by atoms with E-state index in [9.17, 15) is 0 Å². The molecule has 0 bridgehead atoms. The van der Waals surface area contributed by atoms with Crippen molar-refractivity contribution in [2.45, 2.75) is 18.3 Å². The lowest BCUT2D eigenvalue weighted by Crippen LogP contribution is -2.35. The van der Waals surface area contributed by atoms with Gasteiger partial charge in [-0.05, 0) is 30.5 Å². The molecule has 1 aliphatic rings. The zero-order chi connectivity index (χ0) is 15.7. The SMILES string of the molecule is Clc1ccc(C2(c3nc(-c4ncn[nH]4)no3)CCOCC2)cc1. The van der Waals surface area contributed by atoms with E-state index < -0.39 is 0 Å². The van der Waals surface area contributed by atoms with Crippen LogP contribution in [0.2, 0.25) is 5.02 Å². The van der Waals surface area contributed by atoms with Crippen molar-refractivity contribution in [2.75, 3.05) is 13.2 Å². The topological polar surface area (TPSA) is 89.7 Å². The quantitative estimate of drug-likeness (QED) is 0.793. The fourth-order valence-electron chi connectivity index (χ4n) is 2.94. The second-order valence-electron chi connectivity index (χ2n) is 5.46. The van der Waals surface area contributed by atoms with Gasteiger partial charge in [0.15, 0.2) is 5.82 Å². The van der Waals surface area contributed by atoms with E-state index in [0.717, 1.165) is 18.4 Å². The zero-order valence-electron chi connectivity index (χ0n) is 12.2. The van der Waals surface area contributed by atoms with E-state index in [1.807, 2.05) is 24.3 Å². The molecule has 23 heavy (non-hydrogen) atoms. The first-order chi connectivity index (χ1) is 11.3. The van der Waals surface area contributed by atoms with Crippen LogP contribution in [0, 0.1) is 0 Å². The summed E-state index contributed by atoms with van der Waals surface area (Å²) in [7, 11) is 0. The van der Waals surface area contributed by atoms with Gasteiger partial charge in [0, 0.05) is 18.2 Å². The number of rotatable bonds is 3. The summed E-state index contributed by atoms with van der Waals surface area (Å²) in [4.78, 5) is 8.61. The van der Waals surface area contributed by atoms with E-state index in [2.05, 4.69) is 25.3 Å². The van der Waals surface area contributed by atoms with Gasteiger partial charge in [-0.2, -0.15) is 10.1 Å². The summed E-state index contributed by atoms with van der Waals surface area (Å²) in [5, 5.41) is 11.3. The molecular formula is C15H14ClN5O2. The van der Waals surface area contributed by atoms with Crippen LogP contribution in [0.3, 0.4) is 0 Å². The Bertz CT molecular complexity index is 779. The van der Waals surface area contributed by atoms with Crippen LogP contribution in [0.15, 0.2) is 35.1 Å². The van der Waals surface area contributed by atoms with Crippen molar-refractivity contribution in [3.8, 4) is 11.6 Å². The number of halogens is 1. The molecular weight excluding hydrogens is 318 g/mol. The minimum Gasteiger partial charge on any atom is -0.381 e. The highest BCUT2D eigenvalue weighted by Gasteiger charge is 2.41. The predicted molar refractivity (Wildman–Crippen MR) is 82.0 cm³/mol. The predicted octanol–water partition coefficient (Wildman–Crippen LogP) is 2.60.